The predicted molar refractivity (Wildman–Crippen MR) is 84.0 cm³/mol. The zero-order valence-corrected chi connectivity index (χ0v) is 13.1. The fraction of sp³-hybridized carbons (Fsp3) is 0.941. The highest BCUT2D eigenvalue weighted by molar-refractivity contribution is 5.99. The second kappa shape index (κ2) is 6.76. The average molecular weight is 263 g/mol. The lowest BCUT2D eigenvalue weighted by Crippen LogP contribution is -2.27. The van der Waals surface area contributed by atoms with Crippen LogP contribution in [0.4, 0.5) is 0 Å². The van der Waals surface area contributed by atoms with Gasteiger partial charge in [0.2, 0.25) is 0 Å². The largest absolute Gasteiger partial charge is 0.465 e. The molecule has 0 atom stereocenters. The van der Waals surface area contributed by atoms with Crippen LogP contribution >= 0.6 is 0 Å². The first-order valence-electron chi connectivity index (χ1n) is 8.35. The van der Waals surface area contributed by atoms with E-state index in [1.807, 2.05) is 0 Å². The maximum absolute atomic E-state index is 5.05. The van der Waals surface area contributed by atoms with Crippen molar-refractivity contribution in [2.75, 3.05) is 0 Å². The van der Waals surface area contributed by atoms with Crippen LogP contribution in [0, 0.1) is 5.41 Å². The number of rotatable bonds is 2. The summed E-state index contributed by atoms with van der Waals surface area (Å²) < 4.78 is 0. The molecule has 2 heteroatoms. The van der Waals surface area contributed by atoms with Gasteiger partial charge in [0.25, 0.3) is 0 Å². The van der Waals surface area contributed by atoms with Crippen LogP contribution in [0.1, 0.15) is 85.0 Å². The molecular weight excluding hydrogens is 232 g/mol. The molecule has 0 N–H and O–H groups in total. The highest BCUT2D eigenvalue weighted by Gasteiger charge is 2.18. The molecule has 2 saturated carbocycles. The van der Waals surface area contributed by atoms with Gasteiger partial charge in [0.15, 0.2) is 0 Å². The van der Waals surface area contributed by atoms with Crippen LogP contribution in [0.5, 0.6) is 0 Å². The second-order valence-corrected chi connectivity index (χ2v) is 7.42. The van der Waals surface area contributed by atoms with Crippen molar-refractivity contribution >= 4 is 5.84 Å². The lowest BCUT2D eigenvalue weighted by molar-refractivity contribution is 0.435. The number of nitrogens with zero attached hydrogens (tertiary/aromatic N) is 2. The van der Waals surface area contributed by atoms with E-state index in [0.717, 1.165) is 5.84 Å². The van der Waals surface area contributed by atoms with Gasteiger partial charge >= 0.3 is 0 Å². The Kier molecular flexibility index (Phi) is 5.29. The smallest absolute Gasteiger partial charge is 0.0214 e. The molecular formula is C17H31N2-. The van der Waals surface area contributed by atoms with Crippen molar-refractivity contribution in [1.29, 1.82) is 0 Å². The lowest BCUT2D eigenvalue weighted by Gasteiger charge is -2.40. The topological polar surface area (TPSA) is 26.5 Å². The molecule has 0 aromatic heterocycles. The Morgan fingerprint density at radius 2 is 1.37 bits per heavy atom. The number of amidine groups is 1. The number of hydrogen-bond acceptors (Lipinski definition) is 1. The SMILES string of the molecule is CC(C)(C)C(=NC1CCCCC1)[N-]C1CCCCC1. The molecule has 0 unspecified atom stereocenters. The third-order valence-electron chi connectivity index (χ3n) is 4.43. The highest BCUT2D eigenvalue weighted by atomic mass is 15.0. The van der Waals surface area contributed by atoms with Crippen LogP contribution in [0.2, 0.25) is 0 Å². The van der Waals surface area contributed by atoms with E-state index in [4.69, 9.17) is 10.3 Å². The van der Waals surface area contributed by atoms with Crippen LogP contribution in [0.15, 0.2) is 4.99 Å². The van der Waals surface area contributed by atoms with Crippen LogP contribution in [0.25, 0.3) is 5.32 Å². The normalized spacial score (nSPS) is 24.5. The van der Waals surface area contributed by atoms with Gasteiger partial charge in [0.1, 0.15) is 0 Å². The highest BCUT2D eigenvalue weighted by Crippen LogP contribution is 2.31. The molecule has 2 aliphatic rings. The molecule has 0 aromatic carbocycles. The predicted octanol–water partition coefficient (Wildman–Crippen LogP) is 5.47. The number of aliphatic imine (C=N–C) groups is 1. The third-order valence-corrected chi connectivity index (χ3v) is 4.43. The van der Waals surface area contributed by atoms with Crippen molar-refractivity contribution < 1.29 is 0 Å². The zero-order chi connectivity index (χ0) is 13.7. The summed E-state index contributed by atoms with van der Waals surface area (Å²) in [6, 6.07) is 1.10. The van der Waals surface area contributed by atoms with Crippen LogP contribution in [-0.2, 0) is 0 Å². The molecule has 0 heterocycles. The summed E-state index contributed by atoms with van der Waals surface area (Å²) in [7, 11) is 0. The minimum Gasteiger partial charge on any atom is -0.465 e. The standard InChI is InChI=1S/C17H31N2/c1-17(2,3)16(18-14-10-6-4-7-11-14)19-15-12-8-5-9-13-15/h14-15H,4-13H2,1-3H3/q-1. The second-order valence-electron chi connectivity index (χ2n) is 7.42. The quantitative estimate of drug-likeness (QED) is 0.466. The van der Waals surface area contributed by atoms with E-state index in [0.29, 0.717) is 12.1 Å². The molecule has 0 radical (unpaired) electrons. The first-order chi connectivity index (χ1) is 9.05. The Morgan fingerprint density at radius 1 is 0.842 bits per heavy atom. The molecule has 0 spiro atoms. The summed E-state index contributed by atoms with van der Waals surface area (Å²) in [6.07, 6.45) is 13.3. The Hall–Kier alpha value is -0.530. The van der Waals surface area contributed by atoms with Gasteiger partial charge in [-0.15, -0.1) is 0 Å². The Morgan fingerprint density at radius 3 is 1.89 bits per heavy atom. The molecule has 19 heavy (non-hydrogen) atoms. The third kappa shape index (κ3) is 4.81. The van der Waals surface area contributed by atoms with E-state index in [1.165, 1.54) is 64.2 Å². The molecule has 2 nitrogen and oxygen atoms in total. The lowest BCUT2D eigenvalue weighted by atomic mass is 9.90. The summed E-state index contributed by atoms with van der Waals surface area (Å²) >= 11 is 0. The first-order valence-corrected chi connectivity index (χ1v) is 8.35. The van der Waals surface area contributed by atoms with Gasteiger partial charge in [0.05, 0.1) is 0 Å². The summed E-state index contributed by atoms with van der Waals surface area (Å²) in [5, 5.41) is 5.05. The van der Waals surface area contributed by atoms with Gasteiger partial charge in [-0.1, -0.05) is 90.8 Å². The summed E-state index contributed by atoms with van der Waals surface area (Å²) in [5.74, 6) is 1.14. The molecule has 0 bridgehead atoms. The van der Waals surface area contributed by atoms with Gasteiger partial charge in [-0.2, -0.15) is 0 Å². The maximum atomic E-state index is 5.05. The molecule has 0 aliphatic heterocycles. The molecule has 110 valence electrons. The van der Waals surface area contributed by atoms with E-state index >= 15 is 0 Å². The zero-order valence-electron chi connectivity index (χ0n) is 13.1. The van der Waals surface area contributed by atoms with Gasteiger partial charge in [-0.3, -0.25) is 0 Å². The van der Waals surface area contributed by atoms with Crippen LogP contribution in [-0.4, -0.2) is 17.9 Å². The Bertz CT molecular complexity index is 289. The van der Waals surface area contributed by atoms with Gasteiger partial charge < -0.3 is 10.3 Å². The van der Waals surface area contributed by atoms with Crippen molar-refractivity contribution in [3.63, 3.8) is 0 Å². The fourth-order valence-corrected chi connectivity index (χ4v) is 3.19. The summed E-state index contributed by atoms with van der Waals surface area (Å²) in [5.41, 5.74) is 0.106. The maximum Gasteiger partial charge on any atom is -0.0214 e. The van der Waals surface area contributed by atoms with Crippen molar-refractivity contribution in [2.24, 2.45) is 10.4 Å². The Labute approximate surface area is 119 Å². The van der Waals surface area contributed by atoms with E-state index in [1.54, 1.807) is 0 Å². The summed E-state index contributed by atoms with van der Waals surface area (Å²) in [6.45, 7) is 6.79. The van der Waals surface area contributed by atoms with E-state index in [9.17, 15) is 0 Å². The average Bonchev–Trinajstić information content (AvgIpc) is 2.39. The Balaban J connectivity index is 1.99. The van der Waals surface area contributed by atoms with Gasteiger partial charge in [0, 0.05) is 0 Å². The minimum atomic E-state index is 0.106. The summed E-state index contributed by atoms with van der Waals surface area (Å²) in [4.78, 5) is 5.05. The molecule has 2 fully saturated rings. The van der Waals surface area contributed by atoms with Crippen LogP contribution in [0.3, 0.4) is 0 Å². The van der Waals surface area contributed by atoms with Crippen molar-refractivity contribution in [1.82, 2.24) is 0 Å². The first kappa shape index (κ1) is 14.9. The van der Waals surface area contributed by atoms with Gasteiger partial charge in [-0.25, -0.2) is 0 Å². The molecule has 0 saturated heterocycles. The van der Waals surface area contributed by atoms with E-state index in [-0.39, 0.29) is 5.41 Å². The molecule has 0 aromatic rings. The van der Waals surface area contributed by atoms with Crippen molar-refractivity contribution in [2.45, 2.75) is 97.1 Å². The van der Waals surface area contributed by atoms with E-state index < -0.39 is 0 Å². The molecule has 0 amide bonds. The van der Waals surface area contributed by atoms with Crippen molar-refractivity contribution in [3.8, 4) is 0 Å². The van der Waals surface area contributed by atoms with E-state index in [2.05, 4.69) is 20.8 Å². The van der Waals surface area contributed by atoms with Gasteiger partial charge in [-0.05, 0) is 17.5 Å². The fourth-order valence-electron chi connectivity index (χ4n) is 3.19. The minimum absolute atomic E-state index is 0.106. The van der Waals surface area contributed by atoms with Crippen LogP contribution < -0.4 is 0 Å². The molecule has 2 aliphatic carbocycles. The molecule has 2 rings (SSSR count). The van der Waals surface area contributed by atoms with Crippen molar-refractivity contribution in [3.05, 3.63) is 5.32 Å². The monoisotopic (exact) mass is 263 g/mol. The number of hydrogen-bond donors (Lipinski definition) is 0.